The molecule has 136 valence electrons. The Balaban J connectivity index is 1.89. The largest absolute Gasteiger partial charge is 0.423 e. The van der Waals surface area contributed by atoms with Crippen LogP contribution in [0.2, 0.25) is 0 Å². The summed E-state index contributed by atoms with van der Waals surface area (Å²) < 4.78 is 33.5. The molecule has 0 bridgehead atoms. The minimum absolute atomic E-state index is 0.151. The van der Waals surface area contributed by atoms with Crippen molar-refractivity contribution in [1.82, 2.24) is 10.0 Å². The smallest absolute Gasteiger partial charge is 0.336 e. The first-order valence-corrected chi connectivity index (χ1v) is 9.80. The first-order valence-electron chi connectivity index (χ1n) is 8.31. The highest BCUT2D eigenvalue weighted by atomic mass is 32.2. The van der Waals surface area contributed by atoms with Crippen LogP contribution in [0.1, 0.15) is 40.5 Å². The zero-order chi connectivity index (χ0) is 18.5. The minimum atomic E-state index is -3.66. The van der Waals surface area contributed by atoms with Crippen molar-refractivity contribution in [3.63, 3.8) is 0 Å². The summed E-state index contributed by atoms with van der Waals surface area (Å²) in [7, 11) is -3.66. The van der Waals surface area contributed by atoms with Gasteiger partial charge < -0.3 is 9.73 Å². The molecular formula is C18H24N2O4S. The van der Waals surface area contributed by atoms with Gasteiger partial charge in [0.05, 0.1) is 4.90 Å². The fourth-order valence-corrected chi connectivity index (χ4v) is 5.18. The molecule has 0 spiro atoms. The van der Waals surface area contributed by atoms with Gasteiger partial charge in [0.25, 0.3) is 0 Å². The summed E-state index contributed by atoms with van der Waals surface area (Å²) in [5.74, 6) is 0. The number of nitrogens with one attached hydrogen (secondary N) is 2. The van der Waals surface area contributed by atoms with E-state index >= 15 is 0 Å². The van der Waals surface area contributed by atoms with Gasteiger partial charge in [0.1, 0.15) is 5.58 Å². The monoisotopic (exact) mass is 364 g/mol. The zero-order valence-corrected chi connectivity index (χ0v) is 15.7. The van der Waals surface area contributed by atoms with E-state index in [9.17, 15) is 13.2 Å². The normalized spacial score (nSPS) is 20.6. The van der Waals surface area contributed by atoms with Gasteiger partial charge in [-0.2, -0.15) is 0 Å². The van der Waals surface area contributed by atoms with Gasteiger partial charge in [0.2, 0.25) is 10.0 Å². The molecule has 3 rings (SSSR count). The highest BCUT2D eigenvalue weighted by Gasteiger charge is 2.39. The molecule has 0 saturated carbocycles. The van der Waals surface area contributed by atoms with E-state index in [-0.39, 0.29) is 22.0 Å². The second kappa shape index (κ2) is 5.93. The van der Waals surface area contributed by atoms with Gasteiger partial charge in [-0.25, -0.2) is 17.9 Å². The average Bonchev–Trinajstić information content (AvgIpc) is 2.42. The summed E-state index contributed by atoms with van der Waals surface area (Å²) in [6.07, 6.45) is 1.41. The third-order valence-corrected chi connectivity index (χ3v) is 5.93. The van der Waals surface area contributed by atoms with E-state index in [0.717, 1.165) is 0 Å². The predicted molar refractivity (Wildman–Crippen MR) is 97.1 cm³/mol. The highest BCUT2D eigenvalue weighted by Crippen LogP contribution is 2.29. The van der Waals surface area contributed by atoms with Crippen molar-refractivity contribution in [2.24, 2.45) is 0 Å². The molecule has 1 fully saturated rings. The van der Waals surface area contributed by atoms with Gasteiger partial charge in [-0.15, -0.1) is 0 Å². The number of fused-ring (bicyclic) bond motifs is 1. The van der Waals surface area contributed by atoms with E-state index < -0.39 is 15.6 Å². The predicted octanol–water partition coefficient (Wildman–Crippen LogP) is 2.38. The second-order valence-corrected chi connectivity index (χ2v) is 9.79. The molecule has 0 amide bonds. The third-order valence-electron chi connectivity index (χ3n) is 4.41. The molecule has 25 heavy (non-hydrogen) atoms. The maximum atomic E-state index is 12.8. The zero-order valence-electron chi connectivity index (χ0n) is 14.9. The lowest BCUT2D eigenvalue weighted by Gasteiger charge is -2.46. The Bertz CT molecular complexity index is 944. The molecule has 2 heterocycles. The maximum absolute atomic E-state index is 12.8. The Morgan fingerprint density at radius 1 is 1.08 bits per heavy atom. The average molecular weight is 364 g/mol. The Labute approximate surface area is 147 Å². The molecule has 7 heteroatoms. The van der Waals surface area contributed by atoms with Crippen LogP contribution in [0.4, 0.5) is 0 Å². The van der Waals surface area contributed by atoms with Gasteiger partial charge in [-0.1, -0.05) is 0 Å². The molecule has 2 N–H and O–H groups in total. The quantitative estimate of drug-likeness (QED) is 0.817. The van der Waals surface area contributed by atoms with Crippen molar-refractivity contribution < 1.29 is 12.8 Å². The SMILES string of the molecule is CC1(C)CC(NS(=O)(=O)c2ccc3oc(=O)ccc3c2)CC(C)(C)N1. The topological polar surface area (TPSA) is 88.4 Å². The van der Waals surface area contributed by atoms with Crippen molar-refractivity contribution in [3.05, 3.63) is 40.8 Å². The molecule has 2 aromatic rings. The van der Waals surface area contributed by atoms with Crippen molar-refractivity contribution in [2.75, 3.05) is 0 Å². The van der Waals surface area contributed by atoms with Gasteiger partial charge in [0.15, 0.2) is 0 Å². The minimum Gasteiger partial charge on any atom is -0.423 e. The van der Waals surface area contributed by atoms with Crippen LogP contribution in [0, 0.1) is 0 Å². The third kappa shape index (κ3) is 4.11. The van der Waals surface area contributed by atoms with Gasteiger partial charge >= 0.3 is 5.63 Å². The standard InChI is InChI=1S/C18H24N2O4S/c1-17(2)10-13(11-18(3,4)20-17)19-25(22,23)14-6-7-15-12(9-14)5-8-16(21)24-15/h5-9,13,19-20H,10-11H2,1-4H3. The number of sulfonamides is 1. The maximum Gasteiger partial charge on any atom is 0.336 e. The number of benzene rings is 1. The molecule has 1 aromatic carbocycles. The van der Waals surface area contributed by atoms with Crippen LogP contribution in [0.25, 0.3) is 11.0 Å². The number of hydrogen-bond acceptors (Lipinski definition) is 5. The van der Waals surface area contributed by atoms with E-state index in [1.54, 1.807) is 6.07 Å². The summed E-state index contributed by atoms with van der Waals surface area (Å²) >= 11 is 0. The van der Waals surface area contributed by atoms with Crippen LogP contribution < -0.4 is 15.7 Å². The van der Waals surface area contributed by atoms with Crippen LogP contribution in [0.5, 0.6) is 0 Å². The lowest BCUT2D eigenvalue weighted by Crippen LogP contribution is -2.62. The Morgan fingerprint density at radius 3 is 2.36 bits per heavy atom. The first-order chi connectivity index (χ1) is 11.5. The number of hydrogen-bond donors (Lipinski definition) is 2. The first kappa shape index (κ1) is 18.1. The van der Waals surface area contributed by atoms with Crippen molar-refractivity contribution in [3.8, 4) is 0 Å². The molecule has 0 aliphatic carbocycles. The molecule has 1 aliphatic rings. The van der Waals surface area contributed by atoms with E-state index in [4.69, 9.17) is 4.42 Å². The van der Waals surface area contributed by atoms with E-state index in [1.807, 2.05) is 0 Å². The van der Waals surface area contributed by atoms with Crippen LogP contribution in [-0.4, -0.2) is 25.5 Å². The Hall–Kier alpha value is -1.70. The van der Waals surface area contributed by atoms with E-state index in [1.165, 1.54) is 24.3 Å². The molecule has 0 radical (unpaired) electrons. The van der Waals surface area contributed by atoms with E-state index in [2.05, 4.69) is 37.7 Å². The van der Waals surface area contributed by atoms with Crippen molar-refractivity contribution in [1.29, 1.82) is 0 Å². The summed E-state index contributed by atoms with van der Waals surface area (Å²) in [5.41, 5.74) is -0.389. The molecule has 6 nitrogen and oxygen atoms in total. The number of rotatable bonds is 3. The molecule has 1 aromatic heterocycles. The Kier molecular flexibility index (Phi) is 4.29. The number of piperidine rings is 1. The fraction of sp³-hybridized carbons (Fsp3) is 0.500. The summed E-state index contributed by atoms with van der Waals surface area (Å²) in [6, 6.07) is 7.20. The fourth-order valence-electron chi connectivity index (χ4n) is 3.91. The molecule has 1 aliphatic heterocycles. The van der Waals surface area contributed by atoms with Crippen LogP contribution >= 0.6 is 0 Å². The summed E-state index contributed by atoms with van der Waals surface area (Å²) in [6.45, 7) is 8.31. The highest BCUT2D eigenvalue weighted by molar-refractivity contribution is 7.89. The Morgan fingerprint density at radius 2 is 1.72 bits per heavy atom. The lowest BCUT2D eigenvalue weighted by atomic mass is 9.80. The lowest BCUT2D eigenvalue weighted by molar-refractivity contribution is 0.157. The van der Waals surface area contributed by atoms with Gasteiger partial charge in [-0.3, -0.25) is 0 Å². The molecule has 0 atom stereocenters. The summed E-state index contributed by atoms with van der Waals surface area (Å²) in [4.78, 5) is 11.4. The van der Waals surface area contributed by atoms with Crippen LogP contribution in [0.15, 0.2) is 44.4 Å². The van der Waals surface area contributed by atoms with Crippen molar-refractivity contribution in [2.45, 2.75) is 62.6 Å². The van der Waals surface area contributed by atoms with Crippen LogP contribution in [-0.2, 0) is 10.0 Å². The molecule has 0 unspecified atom stereocenters. The van der Waals surface area contributed by atoms with Crippen LogP contribution in [0.3, 0.4) is 0 Å². The second-order valence-electron chi connectivity index (χ2n) is 8.07. The van der Waals surface area contributed by atoms with Gasteiger partial charge in [-0.05, 0) is 64.8 Å². The van der Waals surface area contributed by atoms with Crippen molar-refractivity contribution >= 4 is 21.0 Å². The summed E-state index contributed by atoms with van der Waals surface area (Å²) in [5, 5.41) is 4.12. The molecular weight excluding hydrogens is 340 g/mol. The molecule has 1 saturated heterocycles. The van der Waals surface area contributed by atoms with E-state index in [0.29, 0.717) is 23.8 Å². The van der Waals surface area contributed by atoms with Gasteiger partial charge in [0, 0.05) is 28.6 Å².